The maximum absolute atomic E-state index is 11.9. The van der Waals surface area contributed by atoms with Gasteiger partial charge in [0, 0.05) is 29.1 Å². The number of aryl methyl sites for hydroxylation is 3. The summed E-state index contributed by atoms with van der Waals surface area (Å²) < 4.78 is 2.47. The molecule has 4 nitrogen and oxygen atoms in total. The average Bonchev–Trinajstić information content (AvgIpc) is 2.81. The lowest BCUT2D eigenvalue weighted by molar-refractivity contribution is -0.125. The third-order valence-electron chi connectivity index (χ3n) is 5.04. The van der Waals surface area contributed by atoms with Crippen molar-refractivity contribution in [2.45, 2.75) is 53.0 Å². The largest absolute Gasteiger partial charge is 0.344 e. The van der Waals surface area contributed by atoms with E-state index in [9.17, 15) is 4.79 Å². The van der Waals surface area contributed by atoms with Crippen LogP contribution in [0.1, 0.15) is 42.1 Å². The Labute approximate surface area is 131 Å². The van der Waals surface area contributed by atoms with Gasteiger partial charge in [-0.3, -0.25) is 10.2 Å². The summed E-state index contributed by atoms with van der Waals surface area (Å²) in [5.41, 5.74) is 9.06. The summed E-state index contributed by atoms with van der Waals surface area (Å²) in [5.74, 6) is 5.29. The van der Waals surface area contributed by atoms with Crippen LogP contribution in [-0.4, -0.2) is 10.5 Å². The van der Waals surface area contributed by atoms with Crippen molar-refractivity contribution in [3.63, 3.8) is 0 Å². The normalized spacial score (nSPS) is 17.5. The topological polar surface area (TPSA) is 60.0 Å². The van der Waals surface area contributed by atoms with Crippen molar-refractivity contribution in [1.82, 2.24) is 9.99 Å². The number of carbonyl (C=O) groups is 1. The van der Waals surface area contributed by atoms with E-state index in [1.54, 1.807) is 0 Å². The first-order valence-corrected chi connectivity index (χ1v) is 8.18. The molecule has 0 bridgehead atoms. The third-order valence-corrected chi connectivity index (χ3v) is 5.04. The van der Waals surface area contributed by atoms with Crippen molar-refractivity contribution in [2.75, 3.05) is 0 Å². The molecule has 3 rings (SSSR count). The van der Waals surface area contributed by atoms with Gasteiger partial charge in [0.25, 0.3) is 0 Å². The van der Waals surface area contributed by atoms with Crippen LogP contribution in [-0.2, 0) is 24.2 Å². The Morgan fingerprint density at radius 3 is 2.77 bits per heavy atom. The number of nitrogens with two attached hydrogens (primary N) is 1. The van der Waals surface area contributed by atoms with Crippen LogP contribution in [0, 0.1) is 19.8 Å². The Bertz CT molecular complexity index is 730. The number of amides is 1. The number of carbonyl (C=O) groups excluding carboxylic acids is 1. The minimum Gasteiger partial charge on any atom is -0.344 e. The van der Waals surface area contributed by atoms with Crippen molar-refractivity contribution >= 4 is 16.8 Å². The molecule has 1 aromatic heterocycles. The molecule has 1 aliphatic carbocycles. The minimum atomic E-state index is -0.0362. The number of aromatic nitrogens is 1. The zero-order chi connectivity index (χ0) is 15.9. The highest BCUT2D eigenvalue weighted by molar-refractivity contribution is 5.89. The molecule has 22 heavy (non-hydrogen) atoms. The Hall–Kier alpha value is -1.81. The van der Waals surface area contributed by atoms with Gasteiger partial charge in [0.1, 0.15) is 0 Å². The molecule has 0 radical (unpaired) electrons. The number of fused-ring (bicyclic) bond motifs is 3. The van der Waals surface area contributed by atoms with E-state index in [-0.39, 0.29) is 11.8 Å². The van der Waals surface area contributed by atoms with Crippen LogP contribution >= 0.6 is 0 Å². The fourth-order valence-electron chi connectivity index (χ4n) is 3.72. The Morgan fingerprint density at radius 2 is 2.09 bits per heavy atom. The minimum absolute atomic E-state index is 0.000198. The van der Waals surface area contributed by atoms with Gasteiger partial charge in [-0.1, -0.05) is 6.92 Å². The monoisotopic (exact) mass is 299 g/mol. The lowest BCUT2D eigenvalue weighted by atomic mass is 9.85. The van der Waals surface area contributed by atoms with Crippen LogP contribution in [0.3, 0.4) is 0 Å². The number of rotatable bonds is 3. The van der Waals surface area contributed by atoms with Crippen LogP contribution in [0.5, 0.6) is 0 Å². The van der Waals surface area contributed by atoms with Gasteiger partial charge < -0.3 is 4.57 Å². The van der Waals surface area contributed by atoms with E-state index in [1.165, 1.54) is 33.3 Å². The zero-order valence-electron chi connectivity index (χ0n) is 13.7. The Morgan fingerprint density at radius 1 is 1.36 bits per heavy atom. The van der Waals surface area contributed by atoms with Gasteiger partial charge >= 0.3 is 0 Å². The molecule has 3 N–H and O–H groups in total. The summed E-state index contributed by atoms with van der Waals surface area (Å²) >= 11 is 0. The number of nitrogens with one attached hydrogen (secondary N) is 1. The number of hydrogen-bond acceptors (Lipinski definition) is 2. The highest BCUT2D eigenvalue weighted by Crippen LogP contribution is 2.36. The van der Waals surface area contributed by atoms with Crippen LogP contribution < -0.4 is 11.3 Å². The summed E-state index contributed by atoms with van der Waals surface area (Å²) in [6.07, 6.45) is 3.76. The van der Waals surface area contributed by atoms with E-state index < -0.39 is 0 Å². The molecule has 0 aliphatic heterocycles. The quantitative estimate of drug-likeness (QED) is 0.520. The lowest BCUT2D eigenvalue weighted by Gasteiger charge is -2.22. The summed E-state index contributed by atoms with van der Waals surface area (Å²) in [6, 6.07) is 4.59. The van der Waals surface area contributed by atoms with Crippen LogP contribution in [0.15, 0.2) is 12.1 Å². The van der Waals surface area contributed by atoms with E-state index in [4.69, 9.17) is 5.84 Å². The zero-order valence-corrected chi connectivity index (χ0v) is 13.7. The van der Waals surface area contributed by atoms with E-state index in [2.05, 4.69) is 42.9 Å². The summed E-state index contributed by atoms with van der Waals surface area (Å²) in [7, 11) is 0. The molecule has 118 valence electrons. The summed E-state index contributed by atoms with van der Waals surface area (Å²) in [6.45, 7) is 7.59. The summed E-state index contributed by atoms with van der Waals surface area (Å²) in [4.78, 5) is 11.9. The van der Waals surface area contributed by atoms with Gasteiger partial charge in [-0.25, -0.2) is 5.84 Å². The Kier molecular flexibility index (Phi) is 3.96. The highest BCUT2D eigenvalue weighted by Gasteiger charge is 2.29. The molecule has 1 unspecified atom stereocenters. The average molecular weight is 299 g/mol. The molecule has 0 saturated carbocycles. The van der Waals surface area contributed by atoms with Gasteiger partial charge in [0.15, 0.2) is 0 Å². The first kappa shape index (κ1) is 15.1. The van der Waals surface area contributed by atoms with E-state index in [1.807, 2.05) is 0 Å². The van der Waals surface area contributed by atoms with Crippen LogP contribution in [0.4, 0.5) is 0 Å². The summed E-state index contributed by atoms with van der Waals surface area (Å²) in [5, 5.41) is 1.32. The fraction of sp³-hybridized carbons (Fsp3) is 0.500. The molecule has 0 spiro atoms. The second kappa shape index (κ2) is 5.76. The molecule has 0 saturated heterocycles. The number of nitrogens with zero attached hydrogens (tertiary/aromatic N) is 1. The third kappa shape index (κ3) is 2.31. The van der Waals surface area contributed by atoms with Crippen molar-refractivity contribution < 1.29 is 4.79 Å². The van der Waals surface area contributed by atoms with E-state index >= 15 is 0 Å². The maximum atomic E-state index is 11.9. The first-order chi connectivity index (χ1) is 10.6. The second-order valence-electron chi connectivity index (χ2n) is 6.48. The second-order valence-corrected chi connectivity index (χ2v) is 6.48. The predicted molar refractivity (Wildman–Crippen MR) is 89.5 cm³/mol. The van der Waals surface area contributed by atoms with Crippen molar-refractivity contribution in [3.8, 4) is 0 Å². The maximum Gasteiger partial charge on any atom is 0.237 e. The molecule has 4 heteroatoms. The van der Waals surface area contributed by atoms with Crippen molar-refractivity contribution in [3.05, 3.63) is 34.5 Å². The van der Waals surface area contributed by atoms with E-state index in [0.717, 1.165) is 32.2 Å². The van der Waals surface area contributed by atoms with Gasteiger partial charge in [0.05, 0.1) is 0 Å². The molecule has 1 aromatic carbocycles. The molecular weight excluding hydrogens is 274 g/mol. The number of hydrogen-bond donors (Lipinski definition) is 2. The van der Waals surface area contributed by atoms with Gasteiger partial charge in [0.2, 0.25) is 5.91 Å². The first-order valence-electron chi connectivity index (χ1n) is 8.18. The van der Waals surface area contributed by atoms with Gasteiger partial charge in [-0.05, 0) is 68.4 Å². The molecule has 1 amide bonds. The standard InChI is InChI=1S/C18H25N3O/c1-4-7-21-16-6-5-13(18(22)20-19)10-15(16)14-8-11(2)12(3)9-17(14)21/h8-9,13H,4-7,10,19H2,1-3H3,(H,20,22). The van der Waals surface area contributed by atoms with Crippen LogP contribution in [0.25, 0.3) is 10.9 Å². The molecule has 1 heterocycles. The van der Waals surface area contributed by atoms with Crippen molar-refractivity contribution in [2.24, 2.45) is 11.8 Å². The van der Waals surface area contributed by atoms with Crippen LogP contribution in [0.2, 0.25) is 0 Å². The van der Waals surface area contributed by atoms with E-state index in [0.29, 0.717) is 0 Å². The molecule has 1 aliphatic rings. The van der Waals surface area contributed by atoms with Crippen molar-refractivity contribution in [1.29, 1.82) is 0 Å². The number of benzene rings is 1. The fourth-order valence-corrected chi connectivity index (χ4v) is 3.72. The molecule has 0 fully saturated rings. The van der Waals surface area contributed by atoms with Gasteiger partial charge in [-0.2, -0.15) is 0 Å². The molecule has 2 aromatic rings. The highest BCUT2D eigenvalue weighted by atomic mass is 16.2. The molecule has 1 atom stereocenters. The predicted octanol–water partition coefficient (Wildman–Crippen LogP) is 2.76. The number of hydrazine groups is 1. The lowest BCUT2D eigenvalue weighted by Crippen LogP contribution is -2.38. The Balaban J connectivity index is 2.17. The SMILES string of the molecule is CCCn1c2c(c3cc(C)c(C)cc31)CC(C(=O)NN)CC2. The smallest absolute Gasteiger partial charge is 0.237 e. The molecular formula is C18H25N3O. The van der Waals surface area contributed by atoms with Gasteiger partial charge in [-0.15, -0.1) is 0 Å².